The maximum Gasteiger partial charge on any atom is 0.341 e. The van der Waals surface area contributed by atoms with Gasteiger partial charge in [-0.25, -0.2) is 4.79 Å². The van der Waals surface area contributed by atoms with Crippen molar-refractivity contribution in [2.24, 2.45) is 0 Å². The Morgan fingerprint density at radius 1 is 1.25 bits per heavy atom. The Balaban J connectivity index is 1.83. The van der Waals surface area contributed by atoms with Crippen molar-refractivity contribution in [1.82, 2.24) is 15.5 Å². The average molecular weight is 481 g/mol. The van der Waals surface area contributed by atoms with E-state index in [4.69, 9.17) is 9.15 Å². The number of esters is 1. The number of nitrogens with one attached hydrogen (secondary N) is 2. The molecule has 0 fully saturated rings. The fraction of sp³-hybridized carbons (Fsp3) is 0.636. The van der Waals surface area contributed by atoms with E-state index in [9.17, 15) is 9.59 Å². The number of nitrogens with zero attached hydrogens (tertiary/aromatic N) is 2. The SMILES string of the molecule is CCOC(=O)c1c(NC(=O)CSc2nnc(C(C)(C)C)o2)sc2c1CC(C)(C)NC2(C)C. The van der Waals surface area contributed by atoms with Crippen molar-refractivity contribution in [2.75, 3.05) is 17.7 Å². The first kappa shape index (κ1) is 24.7. The van der Waals surface area contributed by atoms with Crippen LogP contribution in [0.4, 0.5) is 5.00 Å². The van der Waals surface area contributed by atoms with Gasteiger partial charge in [0.25, 0.3) is 5.22 Å². The number of anilines is 1. The van der Waals surface area contributed by atoms with Gasteiger partial charge in [0, 0.05) is 21.4 Å². The zero-order valence-electron chi connectivity index (χ0n) is 20.0. The van der Waals surface area contributed by atoms with Crippen LogP contribution in [0.3, 0.4) is 0 Å². The Hall–Kier alpha value is -1.91. The summed E-state index contributed by atoms with van der Waals surface area (Å²) in [6, 6.07) is 0. The number of ether oxygens (including phenoxy) is 1. The number of amides is 1. The minimum atomic E-state index is -0.409. The molecule has 0 saturated carbocycles. The number of carbonyl (C=O) groups is 2. The summed E-state index contributed by atoms with van der Waals surface area (Å²) in [7, 11) is 0. The molecule has 2 N–H and O–H groups in total. The highest BCUT2D eigenvalue weighted by molar-refractivity contribution is 7.99. The van der Waals surface area contributed by atoms with Crippen LogP contribution in [0.15, 0.2) is 9.64 Å². The van der Waals surface area contributed by atoms with Crippen LogP contribution in [-0.2, 0) is 26.9 Å². The number of thiophene rings is 1. The number of aromatic nitrogens is 2. The second kappa shape index (κ2) is 8.79. The minimum Gasteiger partial charge on any atom is -0.462 e. The molecule has 0 radical (unpaired) electrons. The Morgan fingerprint density at radius 3 is 2.53 bits per heavy atom. The van der Waals surface area contributed by atoms with E-state index < -0.39 is 5.97 Å². The predicted molar refractivity (Wildman–Crippen MR) is 127 cm³/mol. The standard InChI is InChI=1S/C22H32N4O4S2/c1-9-29-17(28)14-12-10-21(5,6)26-22(7,8)15(12)32-16(14)23-13(27)11-31-19-25-24-18(30-19)20(2,3)4/h26H,9-11H2,1-8H3,(H,23,27). The fourth-order valence-corrected chi connectivity index (χ4v) is 5.74. The number of fused-ring (bicyclic) bond motifs is 1. The van der Waals surface area contributed by atoms with E-state index in [2.05, 4.69) is 48.5 Å². The van der Waals surface area contributed by atoms with Gasteiger partial charge in [0.1, 0.15) is 5.00 Å². The third-order valence-electron chi connectivity index (χ3n) is 4.95. The Kier molecular flexibility index (Phi) is 6.80. The van der Waals surface area contributed by atoms with Gasteiger partial charge in [-0.3, -0.25) is 4.79 Å². The maximum absolute atomic E-state index is 12.9. The zero-order chi connectivity index (χ0) is 23.9. The average Bonchev–Trinajstić information content (AvgIpc) is 3.23. The lowest BCUT2D eigenvalue weighted by atomic mass is 9.81. The van der Waals surface area contributed by atoms with E-state index in [1.54, 1.807) is 6.92 Å². The second-order valence-electron chi connectivity index (χ2n) is 10.1. The van der Waals surface area contributed by atoms with Crippen molar-refractivity contribution in [3.8, 4) is 0 Å². The third kappa shape index (κ3) is 5.35. The Bertz CT molecular complexity index is 1020. The van der Waals surface area contributed by atoms with Gasteiger partial charge in [0.15, 0.2) is 0 Å². The lowest BCUT2D eigenvalue weighted by Crippen LogP contribution is -2.55. The zero-order valence-corrected chi connectivity index (χ0v) is 21.6. The lowest BCUT2D eigenvalue weighted by molar-refractivity contribution is -0.113. The van der Waals surface area contributed by atoms with Crippen LogP contribution in [0.25, 0.3) is 0 Å². The van der Waals surface area contributed by atoms with Gasteiger partial charge in [0.05, 0.1) is 17.9 Å². The van der Waals surface area contributed by atoms with Crippen molar-refractivity contribution in [3.63, 3.8) is 0 Å². The third-order valence-corrected chi connectivity index (χ3v) is 7.24. The molecule has 0 spiro atoms. The van der Waals surface area contributed by atoms with Gasteiger partial charge >= 0.3 is 5.97 Å². The number of carbonyl (C=O) groups excluding carboxylic acids is 2. The van der Waals surface area contributed by atoms with Crippen molar-refractivity contribution in [2.45, 2.75) is 83.5 Å². The van der Waals surface area contributed by atoms with Crippen molar-refractivity contribution >= 4 is 40.0 Å². The molecule has 2 aromatic rings. The molecule has 0 atom stereocenters. The van der Waals surface area contributed by atoms with Gasteiger partial charge in [-0.15, -0.1) is 21.5 Å². The van der Waals surface area contributed by atoms with Crippen molar-refractivity contribution in [1.29, 1.82) is 0 Å². The summed E-state index contributed by atoms with van der Waals surface area (Å²) in [4.78, 5) is 26.6. The summed E-state index contributed by atoms with van der Waals surface area (Å²) >= 11 is 2.59. The first-order valence-corrected chi connectivity index (χ1v) is 12.4. The molecule has 2 aromatic heterocycles. The lowest BCUT2D eigenvalue weighted by Gasteiger charge is -2.42. The van der Waals surface area contributed by atoms with Gasteiger partial charge in [0.2, 0.25) is 11.8 Å². The molecule has 1 aliphatic heterocycles. The van der Waals surface area contributed by atoms with E-state index in [0.29, 0.717) is 28.1 Å². The normalized spacial score (nSPS) is 17.0. The summed E-state index contributed by atoms with van der Waals surface area (Å²) in [5.41, 5.74) is 0.609. The van der Waals surface area contributed by atoms with E-state index >= 15 is 0 Å². The van der Waals surface area contributed by atoms with Crippen LogP contribution in [0.5, 0.6) is 0 Å². The minimum absolute atomic E-state index is 0.0870. The molecule has 0 unspecified atom stereocenters. The van der Waals surface area contributed by atoms with E-state index in [-0.39, 0.29) is 34.8 Å². The Labute approximate surface area is 197 Å². The summed E-state index contributed by atoms with van der Waals surface area (Å²) in [6.07, 6.45) is 0.665. The molecule has 176 valence electrons. The summed E-state index contributed by atoms with van der Waals surface area (Å²) in [5.74, 6) is -0.0508. The molecular weight excluding hydrogens is 448 g/mol. The largest absolute Gasteiger partial charge is 0.462 e. The highest BCUT2D eigenvalue weighted by atomic mass is 32.2. The van der Waals surface area contributed by atoms with Crippen LogP contribution >= 0.6 is 23.1 Å². The summed E-state index contributed by atoms with van der Waals surface area (Å²) in [6.45, 7) is 16.4. The van der Waals surface area contributed by atoms with Crippen LogP contribution < -0.4 is 10.6 Å². The molecule has 3 heterocycles. The molecule has 8 nitrogen and oxygen atoms in total. The number of hydrogen-bond donors (Lipinski definition) is 2. The quantitative estimate of drug-likeness (QED) is 0.460. The fourth-order valence-electron chi connectivity index (χ4n) is 3.90. The van der Waals surface area contributed by atoms with E-state index in [1.807, 2.05) is 20.8 Å². The number of hydrogen-bond acceptors (Lipinski definition) is 9. The van der Waals surface area contributed by atoms with E-state index in [1.165, 1.54) is 23.1 Å². The molecule has 3 rings (SSSR count). The summed E-state index contributed by atoms with van der Waals surface area (Å²) < 4.78 is 11.0. The first-order valence-electron chi connectivity index (χ1n) is 10.6. The highest BCUT2D eigenvalue weighted by Crippen LogP contribution is 2.45. The molecule has 0 aliphatic carbocycles. The molecule has 1 amide bonds. The van der Waals surface area contributed by atoms with Crippen molar-refractivity contribution in [3.05, 3.63) is 21.9 Å². The molecular formula is C22H32N4O4S2. The number of rotatable bonds is 6. The predicted octanol–water partition coefficient (Wildman–Crippen LogP) is 4.50. The maximum atomic E-state index is 12.9. The Morgan fingerprint density at radius 2 is 1.94 bits per heavy atom. The van der Waals surface area contributed by atoms with Crippen LogP contribution in [0.1, 0.15) is 82.1 Å². The first-order chi connectivity index (χ1) is 14.7. The van der Waals surface area contributed by atoms with Gasteiger partial charge in [-0.2, -0.15) is 0 Å². The molecule has 0 aromatic carbocycles. The van der Waals surface area contributed by atoms with Gasteiger partial charge in [-0.05, 0) is 46.6 Å². The monoisotopic (exact) mass is 480 g/mol. The molecule has 0 bridgehead atoms. The van der Waals surface area contributed by atoms with Crippen LogP contribution in [0, 0.1) is 0 Å². The second-order valence-corrected chi connectivity index (χ2v) is 12.1. The van der Waals surface area contributed by atoms with Gasteiger partial charge < -0.3 is 19.8 Å². The molecule has 0 saturated heterocycles. The van der Waals surface area contributed by atoms with Crippen LogP contribution in [0.2, 0.25) is 0 Å². The van der Waals surface area contributed by atoms with Crippen LogP contribution in [-0.4, -0.2) is 40.0 Å². The highest BCUT2D eigenvalue weighted by Gasteiger charge is 2.42. The van der Waals surface area contributed by atoms with E-state index in [0.717, 1.165) is 10.4 Å². The molecule has 32 heavy (non-hydrogen) atoms. The topological polar surface area (TPSA) is 106 Å². The molecule has 10 heteroatoms. The van der Waals surface area contributed by atoms with Crippen molar-refractivity contribution < 1.29 is 18.7 Å². The summed E-state index contributed by atoms with van der Waals surface area (Å²) in [5, 5.41) is 15.5. The molecule has 1 aliphatic rings. The van der Waals surface area contributed by atoms with Gasteiger partial charge in [-0.1, -0.05) is 32.5 Å². The number of thioether (sulfide) groups is 1. The smallest absolute Gasteiger partial charge is 0.341 e.